The van der Waals surface area contributed by atoms with Crippen molar-refractivity contribution in [1.82, 2.24) is 4.90 Å². The van der Waals surface area contributed by atoms with Crippen LogP contribution in [0.2, 0.25) is 0 Å². The maximum atomic E-state index is 13.7. The third-order valence-corrected chi connectivity index (χ3v) is 6.64. The Morgan fingerprint density at radius 3 is 2.15 bits per heavy atom. The summed E-state index contributed by atoms with van der Waals surface area (Å²) >= 11 is 0. The maximum absolute atomic E-state index is 13.7. The van der Waals surface area contributed by atoms with Crippen molar-refractivity contribution in [2.75, 3.05) is 6.54 Å². The Kier molecular flexibility index (Phi) is 3.46. The van der Waals surface area contributed by atoms with Gasteiger partial charge in [0.15, 0.2) is 5.60 Å². The molecule has 0 radical (unpaired) electrons. The number of carboxylic acid groups (broad SMARTS) is 1. The first-order valence-electron chi connectivity index (χ1n) is 9.49. The Labute approximate surface area is 157 Å². The van der Waals surface area contributed by atoms with Gasteiger partial charge in [0, 0.05) is 17.7 Å². The molecule has 2 aliphatic carbocycles. The van der Waals surface area contributed by atoms with Crippen molar-refractivity contribution in [2.24, 2.45) is 11.8 Å². The summed E-state index contributed by atoms with van der Waals surface area (Å²) in [6, 6.07) is 13.8. The number of benzene rings is 2. The second-order valence-electron chi connectivity index (χ2n) is 7.90. The van der Waals surface area contributed by atoms with Gasteiger partial charge in [-0.05, 0) is 35.8 Å². The number of fused-ring (bicyclic) bond motifs is 4. The molecule has 3 aliphatic rings. The van der Waals surface area contributed by atoms with Gasteiger partial charge in [0.05, 0.1) is 0 Å². The van der Waals surface area contributed by atoms with Gasteiger partial charge >= 0.3 is 5.97 Å². The van der Waals surface area contributed by atoms with E-state index < -0.39 is 23.5 Å². The second-order valence-corrected chi connectivity index (χ2v) is 7.90. The number of aliphatic carboxylic acids is 1. The lowest BCUT2D eigenvalue weighted by atomic mass is 9.89. The van der Waals surface area contributed by atoms with E-state index in [2.05, 4.69) is 0 Å². The summed E-state index contributed by atoms with van der Waals surface area (Å²) in [6.45, 7) is 0.410. The van der Waals surface area contributed by atoms with Crippen molar-refractivity contribution in [3.63, 3.8) is 0 Å². The molecule has 2 aromatic carbocycles. The van der Waals surface area contributed by atoms with Crippen molar-refractivity contribution < 1.29 is 19.8 Å². The maximum Gasteiger partial charge on any atom is 0.326 e. The van der Waals surface area contributed by atoms with E-state index in [1.54, 1.807) is 24.3 Å². The van der Waals surface area contributed by atoms with Gasteiger partial charge in [-0.25, -0.2) is 4.79 Å². The number of aliphatic hydroxyl groups is 1. The topological polar surface area (TPSA) is 77.8 Å². The molecule has 2 N–H and O–H groups in total. The molecule has 138 valence electrons. The van der Waals surface area contributed by atoms with E-state index >= 15 is 0 Å². The Bertz CT molecular complexity index is 907. The van der Waals surface area contributed by atoms with Crippen molar-refractivity contribution in [3.05, 3.63) is 59.7 Å². The summed E-state index contributed by atoms with van der Waals surface area (Å²) in [5, 5.41) is 21.5. The summed E-state index contributed by atoms with van der Waals surface area (Å²) in [5.74, 6) is -1.28. The zero-order valence-corrected chi connectivity index (χ0v) is 14.8. The number of carboxylic acids is 1. The number of amides is 1. The number of carbonyl (C=O) groups is 2. The summed E-state index contributed by atoms with van der Waals surface area (Å²) in [4.78, 5) is 27.1. The number of hydrogen-bond donors (Lipinski definition) is 2. The van der Waals surface area contributed by atoms with Crippen LogP contribution in [0, 0.1) is 11.8 Å². The fraction of sp³-hybridized carbons (Fsp3) is 0.364. The molecule has 5 nitrogen and oxygen atoms in total. The monoisotopic (exact) mass is 363 g/mol. The van der Waals surface area contributed by atoms with Crippen molar-refractivity contribution in [3.8, 4) is 11.1 Å². The lowest BCUT2D eigenvalue weighted by Crippen LogP contribution is -2.52. The molecular weight excluding hydrogens is 342 g/mol. The van der Waals surface area contributed by atoms with Crippen LogP contribution in [0.1, 0.15) is 30.4 Å². The van der Waals surface area contributed by atoms with E-state index in [-0.39, 0.29) is 11.8 Å². The van der Waals surface area contributed by atoms with Gasteiger partial charge in [0.2, 0.25) is 0 Å². The van der Waals surface area contributed by atoms with Crippen LogP contribution in [0.5, 0.6) is 0 Å². The van der Waals surface area contributed by atoms with Gasteiger partial charge in [0.25, 0.3) is 5.91 Å². The highest BCUT2D eigenvalue weighted by Crippen LogP contribution is 2.50. The van der Waals surface area contributed by atoms with Crippen LogP contribution in [-0.4, -0.2) is 39.6 Å². The molecule has 1 unspecified atom stereocenters. The fourth-order valence-corrected chi connectivity index (χ4v) is 5.48. The molecular formula is C22H21NO4. The van der Waals surface area contributed by atoms with Gasteiger partial charge in [-0.15, -0.1) is 0 Å². The van der Waals surface area contributed by atoms with E-state index in [1.807, 2.05) is 24.3 Å². The molecule has 0 aromatic heterocycles. The van der Waals surface area contributed by atoms with E-state index in [1.165, 1.54) is 4.90 Å². The third-order valence-electron chi connectivity index (χ3n) is 6.64. The largest absolute Gasteiger partial charge is 0.480 e. The van der Waals surface area contributed by atoms with Crippen LogP contribution in [0.25, 0.3) is 11.1 Å². The highest BCUT2D eigenvalue weighted by Gasteiger charge is 2.56. The van der Waals surface area contributed by atoms with E-state index in [4.69, 9.17) is 0 Å². The molecule has 5 rings (SSSR count). The molecule has 1 aliphatic heterocycles. The Morgan fingerprint density at radius 2 is 1.56 bits per heavy atom. The Hall–Kier alpha value is -2.66. The first-order valence-corrected chi connectivity index (χ1v) is 9.49. The normalized spacial score (nSPS) is 27.1. The predicted molar refractivity (Wildman–Crippen MR) is 98.8 cm³/mol. The Morgan fingerprint density at radius 1 is 0.963 bits per heavy atom. The van der Waals surface area contributed by atoms with Crippen LogP contribution in [0.15, 0.2) is 48.5 Å². The van der Waals surface area contributed by atoms with E-state index in [0.29, 0.717) is 17.7 Å². The molecule has 2 fully saturated rings. The van der Waals surface area contributed by atoms with Gasteiger partial charge in [-0.2, -0.15) is 0 Å². The summed E-state index contributed by atoms with van der Waals surface area (Å²) in [7, 11) is 0. The van der Waals surface area contributed by atoms with E-state index in [9.17, 15) is 19.8 Å². The van der Waals surface area contributed by atoms with Gasteiger partial charge in [-0.1, -0.05) is 55.0 Å². The fourth-order valence-electron chi connectivity index (χ4n) is 5.48. The molecule has 1 heterocycles. The zero-order valence-electron chi connectivity index (χ0n) is 14.8. The lowest BCUT2D eigenvalue weighted by molar-refractivity contribution is -0.157. The van der Waals surface area contributed by atoms with Gasteiger partial charge < -0.3 is 15.1 Å². The van der Waals surface area contributed by atoms with Gasteiger partial charge in [-0.3, -0.25) is 4.79 Å². The minimum absolute atomic E-state index is 0.0121. The molecule has 0 bridgehead atoms. The number of likely N-dealkylation sites (tertiary alicyclic amines) is 1. The first kappa shape index (κ1) is 16.5. The molecule has 1 saturated heterocycles. The second kappa shape index (κ2) is 5.67. The van der Waals surface area contributed by atoms with Crippen LogP contribution in [0.3, 0.4) is 0 Å². The average Bonchev–Trinajstić information content (AvgIpc) is 3.33. The number of carbonyl (C=O) groups excluding carboxylic acids is 1. The molecule has 3 atom stereocenters. The molecule has 0 spiro atoms. The third kappa shape index (κ3) is 2.09. The minimum atomic E-state index is -1.83. The Balaban J connectivity index is 1.64. The highest BCUT2D eigenvalue weighted by atomic mass is 16.4. The van der Waals surface area contributed by atoms with Crippen LogP contribution >= 0.6 is 0 Å². The molecule has 1 amide bonds. The highest BCUT2D eigenvalue weighted by molar-refractivity contribution is 6.00. The lowest BCUT2D eigenvalue weighted by Gasteiger charge is -2.33. The summed E-state index contributed by atoms with van der Waals surface area (Å²) in [5.41, 5.74) is 0.903. The van der Waals surface area contributed by atoms with Crippen molar-refractivity contribution >= 4 is 11.9 Å². The van der Waals surface area contributed by atoms with Crippen LogP contribution in [0.4, 0.5) is 0 Å². The number of hydrogen-bond acceptors (Lipinski definition) is 3. The van der Waals surface area contributed by atoms with Crippen LogP contribution < -0.4 is 0 Å². The molecule has 1 saturated carbocycles. The van der Waals surface area contributed by atoms with Gasteiger partial charge in [0.1, 0.15) is 6.04 Å². The smallest absolute Gasteiger partial charge is 0.326 e. The molecule has 27 heavy (non-hydrogen) atoms. The van der Waals surface area contributed by atoms with Crippen molar-refractivity contribution in [2.45, 2.75) is 30.9 Å². The summed E-state index contributed by atoms with van der Waals surface area (Å²) in [6.07, 6.45) is 2.79. The summed E-state index contributed by atoms with van der Waals surface area (Å²) < 4.78 is 0. The minimum Gasteiger partial charge on any atom is -0.480 e. The predicted octanol–water partition coefficient (Wildman–Crippen LogP) is 2.61. The standard InChI is InChI=1S/C22H21NO4/c24-20(25)19-14-9-5-6-13(14)12-23(19)21(26)22(27)17-10-3-1-7-15(17)16-8-2-4-11-18(16)22/h1-4,7-8,10-11,13-14,19,27H,5-6,9,12H2,(H,24,25)/t13?,14-,19-/m0/s1. The van der Waals surface area contributed by atoms with Crippen LogP contribution in [-0.2, 0) is 15.2 Å². The van der Waals surface area contributed by atoms with Crippen molar-refractivity contribution in [1.29, 1.82) is 0 Å². The molecule has 5 heteroatoms. The zero-order chi connectivity index (χ0) is 18.8. The SMILES string of the molecule is O=C(O)[C@@H]1[C@H]2CCCC2CN1C(=O)C1(O)c2ccccc2-c2ccccc21. The van der Waals surface area contributed by atoms with E-state index in [0.717, 1.165) is 30.4 Å². The first-order chi connectivity index (χ1) is 13.0. The quantitative estimate of drug-likeness (QED) is 0.860. The number of rotatable bonds is 2. The molecule has 2 aromatic rings. The average molecular weight is 363 g/mol. The number of nitrogens with zero attached hydrogens (tertiary/aromatic N) is 1.